The SMILES string of the molecule is COc1ccc(CCNC(=O)c2cc(C(=O)c3cc(Br)ccc3O)cn(CCc3ccc(OC)cc3)c2=O)cc1. The summed E-state index contributed by atoms with van der Waals surface area (Å²) in [6, 6.07) is 20.7. The molecular weight excluding hydrogens is 576 g/mol. The fourth-order valence-corrected chi connectivity index (χ4v) is 4.54. The minimum Gasteiger partial charge on any atom is -0.507 e. The van der Waals surface area contributed by atoms with Crippen LogP contribution in [0.15, 0.2) is 88.3 Å². The molecule has 1 amide bonds. The second kappa shape index (κ2) is 13.1. The van der Waals surface area contributed by atoms with E-state index in [0.717, 1.165) is 22.6 Å². The lowest BCUT2D eigenvalue weighted by molar-refractivity contribution is 0.0952. The second-order valence-corrected chi connectivity index (χ2v) is 10.00. The lowest BCUT2D eigenvalue weighted by atomic mass is 10.0. The van der Waals surface area contributed by atoms with Gasteiger partial charge in [0.05, 0.1) is 19.8 Å². The van der Waals surface area contributed by atoms with Crippen LogP contribution >= 0.6 is 15.9 Å². The number of ketones is 1. The summed E-state index contributed by atoms with van der Waals surface area (Å²) < 4.78 is 12.3. The fourth-order valence-electron chi connectivity index (χ4n) is 4.18. The van der Waals surface area contributed by atoms with Gasteiger partial charge in [-0.3, -0.25) is 14.4 Å². The number of aryl methyl sites for hydroxylation is 2. The highest BCUT2D eigenvalue weighted by molar-refractivity contribution is 9.10. The van der Waals surface area contributed by atoms with Crippen LogP contribution in [0, 0.1) is 0 Å². The molecule has 8 nitrogen and oxygen atoms in total. The summed E-state index contributed by atoms with van der Waals surface area (Å²) in [5, 5.41) is 13.1. The highest BCUT2D eigenvalue weighted by atomic mass is 79.9. The molecule has 0 saturated heterocycles. The normalized spacial score (nSPS) is 10.7. The summed E-state index contributed by atoms with van der Waals surface area (Å²) in [4.78, 5) is 39.9. The van der Waals surface area contributed by atoms with Gasteiger partial charge in [-0.25, -0.2) is 0 Å². The number of pyridine rings is 1. The number of hydrogen-bond donors (Lipinski definition) is 2. The van der Waals surface area contributed by atoms with E-state index in [4.69, 9.17) is 9.47 Å². The number of methoxy groups -OCH3 is 2. The van der Waals surface area contributed by atoms with Crippen LogP contribution in [0.4, 0.5) is 0 Å². The van der Waals surface area contributed by atoms with Gasteiger partial charge in [-0.15, -0.1) is 0 Å². The van der Waals surface area contributed by atoms with Gasteiger partial charge in [0.15, 0.2) is 5.78 Å². The van der Waals surface area contributed by atoms with E-state index in [1.807, 2.05) is 48.5 Å². The van der Waals surface area contributed by atoms with E-state index in [2.05, 4.69) is 21.2 Å². The van der Waals surface area contributed by atoms with Crippen molar-refractivity contribution >= 4 is 27.6 Å². The summed E-state index contributed by atoms with van der Waals surface area (Å²) in [6.07, 6.45) is 2.47. The Morgan fingerprint density at radius 2 is 1.45 bits per heavy atom. The molecule has 0 aliphatic rings. The zero-order valence-electron chi connectivity index (χ0n) is 22.1. The third kappa shape index (κ3) is 6.98. The molecule has 1 aromatic heterocycles. The first-order chi connectivity index (χ1) is 19.3. The van der Waals surface area contributed by atoms with Crippen LogP contribution in [0.25, 0.3) is 0 Å². The van der Waals surface area contributed by atoms with Crippen molar-refractivity contribution in [3.8, 4) is 17.2 Å². The topological polar surface area (TPSA) is 107 Å². The number of nitrogens with zero attached hydrogens (tertiary/aromatic N) is 1. The molecular formula is C31H29BrN2O6. The molecule has 3 aromatic carbocycles. The third-order valence-electron chi connectivity index (χ3n) is 6.45. The molecule has 0 saturated carbocycles. The van der Waals surface area contributed by atoms with E-state index >= 15 is 0 Å². The summed E-state index contributed by atoms with van der Waals surface area (Å²) in [5.41, 5.74) is 1.46. The molecule has 40 heavy (non-hydrogen) atoms. The zero-order chi connectivity index (χ0) is 28.6. The maximum Gasteiger partial charge on any atom is 0.263 e. The van der Waals surface area contributed by atoms with E-state index in [9.17, 15) is 19.5 Å². The highest BCUT2D eigenvalue weighted by Crippen LogP contribution is 2.25. The van der Waals surface area contributed by atoms with Crippen LogP contribution in [0.2, 0.25) is 0 Å². The van der Waals surface area contributed by atoms with Crippen LogP contribution < -0.4 is 20.3 Å². The van der Waals surface area contributed by atoms with E-state index in [-0.39, 0.29) is 29.0 Å². The largest absolute Gasteiger partial charge is 0.507 e. The standard InChI is InChI=1S/C31H29BrN2O6/c1-39-24-8-3-20(4-9-24)13-15-33-30(37)27-17-22(29(36)26-18-23(32)7-12-28(26)35)19-34(31(27)38)16-14-21-5-10-25(40-2)11-6-21/h3-12,17-19,35H,13-16H2,1-2H3,(H,33,37). The van der Waals surface area contributed by atoms with Crippen molar-refractivity contribution in [2.24, 2.45) is 0 Å². The minimum absolute atomic E-state index is 0.0561. The third-order valence-corrected chi connectivity index (χ3v) is 6.95. The van der Waals surface area contributed by atoms with Crippen molar-refractivity contribution in [1.82, 2.24) is 9.88 Å². The van der Waals surface area contributed by atoms with Gasteiger partial charge < -0.3 is 24.5 Å². The van der Waals surface area contributed by atoms with Crippen molar-refractivity contribution in [2.75, 3.05) is 20.8 Å². The van der Waals surface area contributed by atoms with Gasteiger partial charge in [-0.05, 0) is 72.5 Å². The van der Waals surface area contributed by atoms with Gasteiger partial charge in [0.25, 0.3) is 11.5 Å². The molecule has 9 heteroatoms. The van der Waals surface area contributed by atoms with Crippen molar-refractivity contribution in [1.29, 1.82) is 0 Å². The number of carbonyl (C=O) groups is 2. The highest BCUT2D eigenvalue weighted by Gasteiger charge is 2.20. The van der Waals surface area contributed by atoms with Gasteiger partial charge in [-0.1, -0.05) is 40.2 Å². The molecule has 2 N–H and O–H groups in total. The molecule has 1 heterocycles. The fraction of sp³-hybridized carbons (Fsp3) is 0.194. The number of ether oxygens (including phenoxy) is 2. The number of rotatable bonds is 11. The van der Waals surface area contributed by atoms with Crippen LogP contribution in [0.3, 0.4) is 0 Å². The van der Waals surface area contributed by atoms with E-state index in [1.165, 1.54) is 29.0 Å². The van der Waals surface area contributed by atoms with Crippen LogP contribution in [0.1, 0.15) is 37.4 Å². The molecule has 0 aliphatic heterocycles. The van der Waals surface area contributed by atoms with Crippen molar-refractivity contribution in [3.63, 3.8) is 0 Å². The van der Waals surface area contributed by atoms with E-state index in [1.54, 1.807) is 20.3 Å². The Balaban J connectivity index is 1.60. The number of nitrogens with one attached hydrogen (secondary N) is 1. The maximum absolute atomic E-state index is 13.4. The first kappa shape index (κ1) is 28.6. The quantitative estimate of drug-likeness (QED) is 0.239. The van der Waals surface area contributed by atoms with E-state index < -0.39 is 17.2 Å². The lowest BCUT2D eigenvalue weighted by Crippen LogP contribution is -2.35. The predicted octanol–water partition coefficient (Wildman–Crippen LogP) is 4.78. The molecule has 0 radical (unpaired) electrons. The average molecular weight is 605 g/mol. The number of carbonyl (C=O) groups excluding carboxylic acids is 2. The van der Waals surface area contributed by atoms with Gasteiger partial charge in [-0.2, -0.15) is 0 Å². The smallest absolute Gasteiger partial charge is 0.263 e. The summed E-state index contributed by atoms with van der Waals surface area (Å²) in [6.45, 7) is 0.532. The van der Waals surface area contributed by atoms with E-state index in [0.29, 0.717) is 23.9 Å². The average Bonchev–Trinajstić information content (AvgIpc) is 2.98. The molecule has 0 bridgehead atoms. The molecule has 0 unspecified atom stereocenters. The number of hydrogen-bond acceptors (Lipinski definition) is 6. The molecule has 4 aromatic rings. The molecule has 4 rings (SSSR count). The number of amides is 1. The number of benzene rings is 3. The lowest BCUT2D eigenvalue weighted by Gasteiger charge is -2.13. The zero-order valence-corrected chi connectivity index (χ0v) is 23.7. The summed E-state index contributed by atoms with van der Waals surface area (Å²) in [5.74, 6) is 0.167. The number of aromatic hydroxyl groups is 1. The summed E-state index contributed by atoms with van der Waals surface area (Å²) in [7, 11) is 3.18. The van der Waals surface area contributed by atoms with Gasteiger partial charge >= 0.3 is 0 Å². The van der Waals surface area contributed by atoms with Crippen LogP contribution in [-0.2, 0) is 19.4 Å². The Kier molecular flexibility index (Phi) is 9.39. The molecule has 0 atom stereocenters. The Hall–Kier alpha value is -4.37. The minimum atomic E-state index is -0.579. The van der Waals surface area contributed by atoms with Gasteiger partial charge in [0.1, 0.15) is 22.8 Å². The van der Waals surface area contributed by atoms with Gasteiger partial charge in [0.2, 0.25) is 0 Å². The Bertz CT molecular complexity index is 1560. The molecule has 0 fully saturated rings. The van der Waals surface area contributed by atoms with Crippen LogP contribution in [0.5, 0.6) is 17.2 Å². The van der Waals surface area contributed by atoms with Crippen molar-refractivity contribution < 1.29 is 24.2 Å². The maximum atomic E-state index is 13.4. The predicted molar refractivity (Wildman–Crippen MR) is 156 cm³/mol. The Morgan fingerprint density at radius 3 is 2.05 bits per heavy atom. The first-order valence-electron chi connectivity index (χ1n) is 12.6. The first-order valence-corrected chi connectivity index (χ1v) is 13.4. The Labute approximate surface area is 240 Å². The van der Waals surface area contributed by atoms with Gasteiger partial charge in [0, 0.05) is 29.3 Å². The molecule has 206 valence electrons. The number of phenols is 1. The number of phenolic OH excluding ortho intramolecular Hbond substituents is 1. The molecule has 0 spiro atoms. The Morgan fingerprint density at radius 1 is 0.850 bits per heavy atom. The molecule has 0 aliphatic carbocycles. The van der Waals surface area contributed by atoms with Crippen molar-refractivity contribution in [2.45, 2.75) is 19.4 Å². The second-order valence-electron chi connectivity index (χ2n) is 9.08. The summed E-state index contributed by atoms with van der Waals surface area (Å²) >= 11 is 3.32. The van der Waals surface area contributed by atoms with Crippen molar-refractivity contribution in [3.05, 3.63) is 122 Å². The monoisotopic (exact) mass is 604 g/mol. The van der Waals surface area contributed by atoms with Crippen LogP contribution in [-0.4, -0.2) is 42.1 Å². The number of halogens is 1. The number of aromatic nitrogens is 1.